The minimum absolute atomic E-state index is 0.00231. The van der Waals surface area contributed by atoms with E-state index in [0.717, 1.165) is 5.56 Å². The van der Waals surface area contributed by atoms with E-state index in [2.05, 4.69) is 4.98 Å². The van der Waals surface area contributed by atoms with E-state index in [9.17, 15) is 8.78 Å². The van der Waals surface area contributed by atoms with Crippen molar-refractivity contribution in [1.29, 1.82) is 0 Å². The molecule has 0 bridgehead atoms. The summed E-state index contributed by atoms with van der Waals surface area (Å²) in [5.41, 5.74) is 0.764. The van der Waals surface area contributed by atoms with Crippen LogP contribution in [0.2, 0.25) is 0 Å². The monoisotopic (exact) mass is 185 g/mol. The summed E-state index contributed by atoms with van der Waals surface area (Å²) in [5, 5.41) is 0. The molecular weight excluding hydrogens is 172 g/mol. The average molecular weight is 185 g/mol. The number of nitrogens with zero attached hydrogens (tertiary/aromatic N) is 1. The SMILES string of the molecule is Cc1cncc(C(F)(F)C(C)C)c1. The Balaban J connectivity index is 3.07. The van der Waals surface area contributed by atoms with Gasteiger partial charge in [-0.2, -0.15) is 0 Å². The van der Waals surface area contributed by atoms with E-state index in [-0.39, 0.29) is 5.56 Å². The zero-order valence-corrected chi connectivity index (χ0v) is 8.01. The Hall–Kier alpha value is -0.990. The molecule has 1 heterocycles. The van der Waals surface area contributed by atoms with Gasteiger partial charge in [-0.25, -0.2) is 8.78 Å². The molecule has 0 radical (unpaired) electrons. The summed E-state index contributed by atoms with van der Waals surface area (Å²) in [4.78, 5) is 3.75. The van der Waals surface area contributed by atoms with E-state index in [1.165, 1.54) is 26.1 Å². The number of aromatic nitrogens is 1. The molecule has 0 fully saturated rings. The Morgan fingerprint density at radius 1 is 1.31 bits per heavy atom. The number of hydrogen-bond acceptors (Lipinski definition) is 1. The van der Waals surface area contributed by atoms with Crippen LogP contribution in [0.3, 0.4) is 0 Å². The summed E-state index contributed by atoms with van der Waals surface area (Å²) in [6, 6.07) is 1.48. The Morgan fingerprint density at radius 2 is 1.92 bits per heavy atom. The molecule has 0 unspecified atom stereocenters. The highest BCUT2D eigenvalue weighted by atomic mass is 19.3. The van der Waals surface area contributed by atoms with Crippen molar-refractivity contribution in [2.75, 3.05) is 0 Å². The van der Waals surface area contributed by atoms with Gasteiger partial charge in [0.05, 0.1) is 0 Å². The fraction of sp³-hybridized carbons (Fsp3) is 0.500. The third-order valence-corrected chi connectivity index (χ3v) is 1.98. The quantitative estimate of drug-likeness (QED) is 0.689. The topological polar surface area (TPSA) is 12.9 Å². The largest absolute Gasteiger partial charge is 0.276 e. The van der Waals surface area contributed by atoms with Gasteiger partial charge < -0.3 is 0 Å². The van der Waals surface area contributed by atoms with Crippen LogP contribution in [-0.2, 0) is 5.92 Å². The fourth-order valence-corrected chi connectivity index (χ4v) is 1.07. The number of aryl methyl sites for hydroxylation is 1. The number of halogens is 2. The normalized spacial score (nSPS) is 12.2. The first-order chi connectivity index (χ1) is 5.94. The van der Waals surface area contributed by atoms with Crippen molar-refractivity contribution in [3.63, 3.8) is 0 Å². The highest BCUT2D eigenvalue weighted by Gasteiger charge is 2.35. The fourth-order valence-electron chi connectivity index (χ4n) is 1.07. The predicted molar refractivity (Wildman–Crippen MR) is 47.7 cm³/mol. The van der Waals surface area contributed by atoms with Gasteiger partial charge in [0.25, 0.3) is 5.92 Å². The third-order valence-electron chi connectivity index (χ3n) is 1.98. The Bertz CT molecular complexity index is 295. The molecule has 0 N–H and O–H groups in total. The average Bonchev–Trinajstić information content (AvgIpc) is 2.04. The first kappa shape index (κ1) is 10.1. The van der Waals surface area contributed by atoms with Crippen molar-refractivity contribution < 1.29 is 8.78 Å². The van der Waals surface area contributed by atoms with Crippen LogP contribution >= 0.6 is 0 Å². The van der Waals surface area contributed by atoms with Gasteiger partial charge in [0.1, 0.15) is 0 Å². The highest BCUT2D eigenvalue weighted by Crippen LogP contribution is 2.35. The molecule has 1 rings (SSSR count). The second-order valence-electron chi connectivity index (χ2n) is 3.53. The summed E-state index contributed by atoms with van der Waals surface area (Å²) in [6.07, 6.45) is 2.80. The Kier molecular flexibility index (Phi) is 2.64. The molecule has 0 aliphatic heterocycles. The molecule has 0 spiro atoms. The molecule has 13 heavy (non-hydrogen) atoms. The minimum Gasteiger partial charge on any atom is -0.264 e. The maximum atomic E-state index is 13.4. The van der Waals surface area contributed by atoms with E-state index >= 15 is 0 Å². The minimum atomic E-state index is -2.78. The van der Waals surface area contributed by atoms with Crippen LogP contribution < -0.4 is 0 Å². The number of rotatable bonds is 2. The molecule has 0 aromatic carbocycles. The summed E-state index contributed by atoms with van der Waals surface area (Å²) in [6.45, 7) is 4.76. The highest BCUT2D eigenvalue weighted by molar-refractivity contribution is 5.21. The summed E-state index contributed by atoms with van der Waals surface area (Å²) < 4.78 is 26.8. The zero-order chi connectivity index (χ0) is 10.1. The van der Waals surface area contributed by atoms with Gasteiger partial charge in [-0.3, -0.25) is 4.98 Å². The van der Waals surface area contributed by atoms with Crippen molar-refractivity contribution >= 4 is 0 Å². The van der Waals surface area contributed by atoms with Gasteiger partial charge >= 0.3 is 0 Å². The maximum absolute atomic E-state index is 13.4. The lowest BCUT2D eigenvalue weighted by atomic mass is 9.98. The van der Waals surface area contributed by atoms with Crippen LogP contribution in [0.15, 0.2) is 18.5 Å². The van der Waals surface area contributed by atoms with Gasteiger partial charge in [0.15, 0.2) is 0 Å². The molecular formula is C10H13F2N. The number of hydrogen-bond donors (Lipinski definition) is 0. The van der Waals surface area contributed by atoms with Gasteiger partial charge in [-0.05, 0) is 18.6 Å². The second kappa shape index (κ2) is 3.40. The van der Waals surface area contributed by atoms with Crippen LogP contribution in [0, 0.1) is 12.8 Å². The molecule has 0 amide bonds. The first-order valence-electron chi connectivity index (χ1n) is 4.24. The van der Waals surface area contributed by atoms with E-state index in [1.807, 2.05) is 0 Å². The summed E-state index contributed by atoms with van der Waals surface area (Å²) in [5.74, 6) is -3.48. The Morgan fingerprint density at radius 3 is 2.38 bits per heavy atom. The molecule has 0 aliphatic rings. The third kappa shape index (κ3) is 2.02. The van der Waals surface area contributed by atoms with Gasteiger partial charge in [0.2, 0.25) is 0 Å². The van der Waals surface area contributed by atoms with Crippen LogP contribution in [0.4, 0.5) is 8.78 Å². The second-order valence-corrected chi connectivity index (χ2v) is 3.53. The first-order valence-corrected chi connectivity index (χ1v) is 4.24. The molecule has 0 aliphatic carbocycles. The molecule has 0 saturated carbocycles. The van der Waals surface area contributed by atoms with Gasteiger partial charge in [-0.1, -0.05) is 13.8 Å². The lowest BCUT2D eigenvalue weighted by Crippen LogP contribution is -2.21. The van der Waals surface area contributed by atoms with Crippen molar-refractivity contribution in [3.05, 3.63) is 29.6 Å². The molecule has 0 saturated heterocycles. The van der Waals surface area contributed by atoms with Crippen LogP contribution in [0.1, 0.15) is 25.0 Å². The Labute approximate surface area is 76.8 Å². The van der Waals surface area contributed by atoms with Crippen molar-refractivity contribution in [2.45, 2.75) is 26.7 Å². The zero-order valence-electron chi connectivity index (χ0n) is 8.01. The standard InChI is InChI=1S/C10H13F2N/c1-7(2)10(11,12)9-4-8(3)5-13-6-9/h4-7H,1-3H3. The lowest BCUT2D eigenvalue weighted by molar-refractivity contribution is -0.0517. The summed E-state index contributed by atoms with van der Waals surface area (Å²) >= 11 is 0. The van der Waals surface area contributed by atoms with Crippen molar-refractivity contribution in [2.24, 2.45) is 5.92 Å². The maximum Gasteiger partial charge on any atom is 0.276 e. The van der Waals surface area contributed by atoms with Crippen molar-refractivity contribution in [1.82, 2.24) is 4.98 Å². The number of alkyl halides is 2. The lowest BCUT2D eigenvalue weighted by Gasteiger charge is -2.20. The molecule has 1 aromatic rings. The molecule has 1 aromatic heterocycles. The predicted octanol–water partition coefficient (Wildman–Crippen LogP) is 3.14. The van der Waals surface area contributed by atoms with Crippen LogP contribution in [-0.4, -0.2) is 4.98 Å². The van der Waals surface area contributed by atoms with Gasteiger partial charge in [0, 0.05) is 23.9 Å². The van der Waals surface area contributed by atoms with E-state index < -0.39 is 11.8 Å². The molecule has 0 atom stereocenters. The smallest absolute Gasteiger partial charge is 0.264 e. The van der Waals surface area contributed by atoms with E-state index in [1.54, 1.807) is 13.1 Å². The molecule has 1 nitrogen and oxygen atoms in total. The summed E-state index contributed by atoms with van der Waals surface area (Å²) in [7, 11) is 0. The van der Waals surface area contributed by atoms with Crippen LogP contribution in [0.5, 0.6) is 0 Å². The van der Waals surface area contributed by atoms with Gasteiger partial charge in [-0.15, -0.1) is 0 Å². The molecule has 3 heteroatoms. The van der Waals surface area contributed by atoms with Crippen LogP contribution in [0.25, 0.3) is 0 Å². The van der Waals surface area contributed by atoms with E-state index in [0.29, 0.717) is 0 Å². The van der Waals surface area contributed by atoms with E-state index in [4.69, 9.17) is 0 Å². The number of pyridine rings is 1. The molecule has 72 valence electrons. The van der Waals surface area contributed by atoms with Crippen molar-refractivity contribution in [3.8, 4) is 0 Å².